The van der Waals surface area contributed by atoms with Gasteiger partial charge in [0, 0.05) is 36.8 Å². The molecule has 0 bridgehead atoms. The standard InChI is InChI=1S/C26H26N4O4S/c1-31-19-11-22(33-16-17-7-6-10-29(14-17)18-8-4-3-5-9-18)20-13-24(34-23(20)12-19)21-15-30-25(27-21)35-26(28-30)32-2/h3-5,8-9,11-13,15,17H,6-7,10,14,16H2,1-2H3. The number of para-hydroxylation sites is 1. The number of ether oxygens (including phenoxy) is 3. The van der Waals surface area contributed by atoms with E-state index in [1.165, 1.54) is 17.0 Å². The summed E-state index contributed by atoms with van der Waals surface area (Å²) in [6, 6.07) is 16.4. The lowest BCUT2D eigenvalue weighted by Gasteiger charge is -2.34. The quantitative estimate of drug-likeness (QED) is 0.297. The zero-order valence-electron chi connectivity index (χ0n) is 19.6. The molecule has 0 radical (unpaired) electrons. The normalized spacial score (nSPS) is 16.2. The number of hydrogen-bond acceptors (Lipinski definition) is 8. The summed E-state index contributed by atoms with van der Waals surface area (Å²) in [6.07, 6.45) is 4.14. The van der Waals surface area contributed by atoms with Crippen LogP contribution in [0.3, 0.4) is 0 Å². The lowest BCUT2D eigenvalue weighted by Crippen LogP contribution is -2.37. The maximum absolute atomic E-state index is 6.39. The highest BCUT2D eigenvalue weighted by atomic mass is 32.1. The SMILES string of the molecule is COc1cc(OCC2CCCN(c3ccccc3)C2)c2cc(-c3cn4nc(OC)sc4n3)oc2c1. The first-order valence-electron chi connectivity index (χ1n) is 11.6. The Morgan fingerprint density at radius 3 is 2.80 bits per heavy atom. The average Bonchev–Trinajstić information content (AvgIpc) is 3.60. The first-order chi connectivity index (χ1) is 17.2. The van der Waals surface area contributed by atoms with Gasteiger partial charge in [-0.25, -0.2) is 9.50 Å². The monoisotopic (exact) mass is 490 g/mol. The van der Waals surface area contributed by atoms with Crippen LogP contribution in [0.2, 0.25) is 0 Å². The van der Waals surface area contributed by atoms with E-state index in [9.17, 15) is 0 Å². The highest BCUT2D eigenvalue weighted by Gasteiger charge is 2.22. The molecule has 1 aliphatic heterocycles. The minimum absolute atomic E-state index is 0.442. The largest absolute Gasteiger partial charge is 0.496 e. The van der Waals surface area contributed by atoms with Gasteiger partial charge in [-0.3, -0.25) is 0 Å². The molecule has 0 aliphatic carbocycles. The number of benzene rings is 2. The van der Waals surface area contributed by atoms with Gasteiger partial charge in [0.1, 0.15) is 22.8 Å². The Morgan fingerprint density at radius 1 is 1.11 bits per heavy atom. The number of methoxy groups -OCH3 is 2. The van der Waals surface area contributed by atoms with Gasteiger partial charge in [-0.1, -0.05) is 18.2 Å². The van der Waals surface area contributed by atoms with E-state index in [0.717, 1.165) is 42.0 Å². The number of furan rings is 1. The van der Waals surface area contributed by atoms with Crippen molar-refractivity contribution in [1.82, 2.24) is 14.6 Å². The Labute approximate surface area is 206 Å². The van der Waals surface area contributed by atoms with Gasteiger partial charge in [-0.05, 0) is 42.4 Å². The summed E-state index contributed by atoms with van der Waals surface area (Å²) in [6.45, 7) is 2.70. The second-order valence-electron chi connectivity index (χ2n) is 8.67. The van der Waals surface area contributed by atoms with E-state index in [1.54, 1.807) is 18.7 Å². The minimum atomic E-state index is 0.442. The van der Waals surface area contributed by atoms with E-state index in [0.29, 0.717) is 40.5 Å². The van der Waals surface area contributed by atoms with Gasteiger partial charge in [0.05, 0.1) is 32.4 Å². The van der Waals surface area contributed by atoms with Crippen molar-refractivity contribution < 1.29 is 18.6 Å². The predicted molar refractivity (Wildman–Crippen MR) is 136 cm³/mol. The fraction of sp³-hybridized carbons (Fsp3) is 0.308. The Balaban J connectivity index is 1.24. The van der Waals surface area contributed by atoms with Crippen LogP contribution in [0.4, 0.5) is 5.69 Å². The van der Waals surface area contributed by atoms with E-state index in [4.69, 9.17) is 18.6 Å². The summed E-state index contributed by atoms with van der Waals surface area (Å²) in [5, 5.41) is 5.81. The second kappa shape index (κ2) is 9.14. The second-order valence-corrected chi connectivity index (χ2v) is 9.59. The fourth-order valence-corrected chi connectivity index (χ4v) is 5.31. The summed E-state index contributed by atoms with van der Waals surface area (Å²) in [4.78, 5) is 7.83. The molecule has 6 rings (SSSR count). The van der Waals surface area contributed by atoms with Crippen molar-refractivity contribution >= 4 is 33.0 Å². The van der Waals surface area contributed by atoms with Gasteiger partial charge in [-0.2, -0.15) is 0 Å². The van der Waals surface area contributed by atoms with Crippen LogP contribution in [0.1, 0.15) is 12.8 Å². The van der Waals surface area contributed by atoms with Crippen molar-refractivity contribution in [3.05, 3.63) is 54.7 Å². The van der Waals surface area contributed by atoms with Crippen molar-refractivity contribution in [3.63, 3.8) is 0 Å². The molecule has 3 aromatic heterocycles. The molecule has 0 amide bonds. The number of aromatic nitrogens is 3. The fourth-order valence-electron chi connectivity index (χ4n) is 4.61. The molecule has 180 valence electrons. The average molecular weight is 491 g/mol. The molecule has 1 atom stereocenters. The number of piperidine rings is 1. The van der Waals surface area contributed by atoms with E-state index in [2.05, 4.69) is 45.3 Å². The van der Waals surface area contributed by atoms with Crippen molar-refractivity contribution in [2.75, 3.05) is 38.8 Å². The molecule has 35 heavy (non-hydrogen) atoms. The Morgan fingerprint density at radius 2 is 2.00 bits per heavy atom. The van der Waals surface area contributed by atoms with Crippen molar-refractivity contribution in [2.45, 2.75) is 12.8 Å². The van der Waals surface area contributed by atoms with Crippen LogP contribution in [0, 0.1) is 5.92 Å². The lowest BCUT2D eigenvalue weighted by molar-refractivity contribution is 0.230. The third-order valence-corrected chi connectivity index (χ3v) is 7.26. The smallest absolute Gasteiger partial charge is 0.294 e. The highest BCUT2D eigenvalue weighted by Crippen LogP contribution is 2.38. The third kappa shape index (κ3) is 4.27. The van der Waals surface area contributed by atoms with Crippen LogP contribution < -0.4 is 19.1 Å². The summed E-state index contributed by atoms with van der Waals surface area (Å²) in [7, 11) is 3.25. The van der Waals surface area contributed by atoms with E-state index >= 15 is 0 Å². The zero-order valence-corrected chi connectivity index (χ0v) is 20.5. The molecule has 1 fully saturated rings. The van der Waals surface area contributed by atoms with Gasteiger partial charge in [-0.15, -0.1) is 5.10 Å². The Bertz CT molecular complexity index is 1430. The number of fused-ring (bicyclic) bond motifs is 2. The van der Waals surface area contributed by atoms with Gasteiger partial charge >= 0.3 is 0 Å². The third-order valence-electron chi connectivity index (χ3n) is 6.38. The molecule has 9 heteroatoms. The number of nitrogens with zero attached hydrogens (tertiary/aromatic N) is 4. The zero-order chi connectivity index (χ0) is 23.8. The predicted octanol–water partition coefficient (Wildman–Crippen LogP) is 5.52. The van der Waals surface area contributed by atoms with Crippen LogP contribution in [0.15, 0.2) is 59.1 Å². The first-order valence-corrected chi connectivity index (χ1v) is 12.5. The van der Waals surface area contributed by atoms with Crippen LogP contribution in [0.25, 0.3) is 27.4 Å². The van der Waals surface area contributed by atoms with E-state index < -0.39 is 0 Å². The number of anilines is 1. The van der Waals surface area contributed by atoms with Crippen LogP contribution >= 0.6 is 11.3 Å². The number of hydrogen-bond donors (Lipinski definition) is 0. The molecule has 1 saturated heterocycles. The number of imidazole rings is 1. The van der Waals surface area contributed by atoms with Crippen LogP contribution in [-0.2, 0) is 0 Å². The molecule has 2 aromatic carbocycles. The summed E-state index contributed by atoms with van der Waals surface area (Å²) in [5.74, 6) is 2.55. The molecule has 5 aromatic rings. The van der Waals surface area contributed by atoms with Crippen molar-refractivity contribution in [1.29, 1.82) is 0 Å². The number of rotatable bonds is 7. The maximum atomic E-state index is 6.39. The molecular formula is C26H26N4O4S. The molecule has 4 heterocycles. The Hall–Kier alpha value is -3.72. The van der Waals surface area contributed by atoms with Crippen molar-refractivity contribution in [2.24, 2.45) is 5.92 Å². The highest BCUT2D eigenvalue weighted by molar-refractivity contribution is 7.18. The minimum Gasteiger partial charge on any atom is -0.496 e. The molecular weight excluding hydrogens is 464 g/mol. The van der Waals surface area contributed by atoms with Crippen LogP contribution in [0.5, 0.6) is 16.7 Å². The molecule has 8 nitrogen and oxygen atoms in total. The summed E-state index contributed by atoms with van der Waals surface area (Å²) >= 11 is 1.38. The molecule has 0 N–H and O–H groups in total. The molecule has 1 unspecified atom stereocenters. The van der Waals surface area contributed by atoms with Crippen molar-refractivity contribution in [3.8, 4) is 28.1 Å². The van der Waals surface area contributed by atoms with Gasteiger partial charge < -0.3 is 23.5 Å². The molecule has 1 aliphatic rings. The summed E-state index contributed by atoms with van der Waals surface area (Å²) < 4.78 is 25.0. The van der Waals surface area contributed by atoms with E-state index in [1.807, 2.05) is 24.4 Å². The van der Waals surface area contributed by atoms with Gasteiger partial charge in [0.2, 0.25) is 4.96 Å². The summed E-state index contributed by atoms with van der Waals surface area (Å²) in [5.41, 5.74) is 2.68. The van der Waals surface area contributed by atoms with E-state index in [-0.39, 0.29) is 0 Å². The maximum Gasteiger partial charge on any atom is 0.294 e. The lowest BCUT2D eigenvalue weighted by atomic mass is 9.98. The topological polar surface area (TPSA) is 74.3 Å². The first kappa shape index (κ1) is 21.8. The van der Waals surface area contributed by atoms with Gasteiger partial charge in [0.25, 0.3) is 5.19 Å². The van der Waals surface area contributed by atoms with Crippen LogP contribution in [-0.4, -0.2) is 48.5 Å². The molecule has 0 saturated carbocycles. The molecule has 0 spiro atoms. The van der Waals surface area contributed by atoms with Gasteiger partial charge in [0.15, 0.2) is 5.76 Å². The Kier molecular flexibility index (Phi) is 5.69.